The number of nitrogens with zero attached hydrogens (tertiary/aromatic N) is 2. The van der Waals surface area contributed by atoms with Gasteiger partial charge in [0.05, 0.1) is 5.41 Å². The number of nitrogens with one attached hydrogen (secondary N) is 1. The Hall–Kier alpha value is -3.05. The third kappa shape index (κ3) is 5.66. The highest BCUT2D eigenvalue weighted by Crippen LogP contribution is 2.38. The maximum Gasteiger partial charge on any atom is 0.226 e. The van der Waals surface area contributed by atoms with Crippen molar-refractivity contribution in [3.8, 4) is 11.1 Å². The van der Waals surface area contributed by atoms with Gasteiger partial charge in [0, 0.05) is 30.5 Å². The summed E-state index contributed by atoms with van der Waals surface area (Å²) < 4.78 is 13.6. The van der Waals surface area contributed by atoms with Gasteiger partial charge in [0.25, 0.3) is 0 Å². The van der Waals surface area contributed by atoms with Gasteiger partial charge in [-0.25, -0.2) is 4.39 Å². The second-order valence-electron chi connectivity index (χ2n) is 9.39. The minimum absolute atomic E-state index is 0.0910. The van der Waals surface area contributed by atoms with E-state index in [2.05, 4.69) is 33.4 Å². The molecule has 0 radical (unpaired) electrons. The van der Waals surface area contributed by atoms with Crippen LogP contribution in [0.2, 0.25) is 0 Å². The highest BCUT2D eigenvalue weighted by atomic mass is 19.1. The zero-order valence-electron chi connectivity index (χ0n) is 19.4. The van der Waals surface area contributed by atoms with Gasteiger partial charge in [0.2, 0.25) is 5.91 Å². The number of hydrogen-bond donors (Lipinski definition) is 1. The third-order valence-electron chi connectivity index (χ3n) is 6.53. The molecular weight excluding hydrogens is 413 g/mol. The third-order valence-corrected chi connectivity index (χ3v) is 6.53. The van der Waals surface area contributed by atoms with Gasteiger partial charge >= 0.3 is 0 Å². The van der Waals surface area contributed by atoms with Crippen molar-refractivity contribution in [3.05, 3.63) is 90.0 Å². The molecule has 4 nitrogen and oxygen atoms in total. The molecule has 1 aliphatic rings. The molecule has 172 valence electrons. The number of hydrogen-bond acceptors (Lipinski definition) is 3. The number of pyridine rings is 1. The van der Waals surface area contributed by atoms with Crippen LogP contribution in [0.3, 0.4) is 0 Å². The van der Waals surface area contributed by atoms with Gasteiger partial charge in [-0.2, -0.15) is 0 Å². The van der Waals surface area contributed by atoms with Crippen LogP contribution in [-0.2, 0) is 17.8 Å². The topological polar surface area (TPSA) is 45.2 Å². The molecule has 0 spiro atoms. The van der Waals surface area contributed by atoms with Gasteiger partial charge in [0.15, 0.2) is 0 Å². The lowest BCUT2D eigenvalue weighted by Gasteiger charge is -2.41. The van der Waals surface area contributed by atoms with E-state index in [1.807, 2.05) is 44.3 Å². The van der Waals surface area contributed by atoms with Crippen LogP contribution in [0.5, 0.6) is 0 Å². The number of benzene rings is 2. The number of amides is 1. The molecule has 0 bridgehead atoms. The molecule has 1 amide bonds. The van der Waals surface area contributed by atoms with E-state index in [1.54, 1.807) is 18.3 Å². The predicted molar refractivity (Wildman–Crippen MR) is 130 cm³/mol. The minimum Gasteiger partial charge on any atom is -0.353 e. The van der Waals surface area contributed by atoms with Crippen LogP contribution in [0.4, 0.5) is 4.39 Å². The van der Waals surface area contributed by atoms with Crippen LogP contribution in [0, 0.1) is 11.2 Å². The second-order valence-corrected chi connectivity index (χ2v) is 9.39. The van der Waals surface area contributed by atoms with E-state index in [9.17, 15) is 9.18 Å². The van der Waals surface area contributed by atoms with Gasteiger partial charge in [0.1, 0.15) is 5.82 Å². The lowest BCUT2D eigenvalue weighted by molar-refractivity contribution is -0.134. The molecule has 1 saturated heterocycles. The first-order valence-electron chi connectivity index (χ1n) is 11.7. The lowest BCUT2D eigenvalue weighted by atomic mass is 9.71. The fraction of sp³-hybridized carbons (Fsp3) is 0.357. The zero-order valence-corrected chi connectivity index (χ0v) is 19.4. The molecule has 0 saturated carbocycles. The molecule has 2 aromatic carbocycles. The molecule has 33 heavy (non-hydrogen) atoms. The Bertz CT molecular complexity index is 1080. The molecule has 4 rings (SSSR count). The van der Waals surface area contributed by atoms with Crippen LogP contribution in [0.1, 0.15) is 37.8 Å². The number of likely N-dealkylation sites (tertiary alicyclic amines) is 1. The van der Waals surface area contributed by atoms with Crippen molar-refractivity contribution in [2.75, 3.05) is 13.1 Å². The van der Waals surface area contributed by atoms with Gasteiger partial charge in [-0.05, 0) is 81.1 Å². The molecule has 1 aromatic heterocycles. The van der Waals surface area contributed by atoms with Crippen molar-refractivity contribution in [1.82, 2.24) is 15.2 Å². The monoisotopic (exact) mass is 445 g/mol. The number of piperidine rings is 1. The van der Waals surface area contributed by atoms with E-state index in [1.165, 1.54) is 11.6 Å². The highest BCUT2D eigenvalue weighted by Gasteiger charge is 2.42. The van der Waals surface area contributed by atoms with Crippen molar-refractivity contribution in [2.24, 2.45) is 5.41 Å². The summed E-state index contributed by atoms with van der Waals surface area (Å²) in [7, 11) is 0. The molecule has 2 heterocycles. The summed E-state index contributed by atoms with van der Waals surface area (Å²) in [6.45, 7) is 6.32. The Morgan fingerprint density at radius 3 is 2.58 bits per heavy atom. The maximum absolute atomic E-state index is 13.6. The number of aromatic nitrogens is 1. The Kier molecular flexibility index (Phi) is 7.19. The predicted octanol–water partition coefficient (Wildman–Crippen LogP) is 5.24. The maximum atomic E-state index is 13.6. The summed E-state index contributed by atoms with van der Waals surface area (Å²) in [6, 6.07) is 19.2. The summed E-state index contributed by atoms with van der Waals surface area (Å²) in [6.07, 6.45) is 5.87. The van der Waals surface area contributed by atoms with Crippen LogP contribution >= 0.6 is 0 Å². The number of carbonyl (C=O) groups is 1. The summed E-state index contributed by atoms with van der Waals surface area (Å²) >= 11 is 0. The van der Waals surface area contributed by atoms with Crippen LogP contribution in [-0.4, -0.2) is 34.9 Å². The van der Waals surface area contributed by atoms with E-state index < -0.39 is 5.41 Å². The average Bonchev–Trinajstić information content (AvgIpc) is 2.81. The minimum atomic E-state index is -0.471. The normalized spacial score (nSPS) is 16.0. The Morgan fingerprint density at radius 1 is 1.09 bits per heavy atom. The van der Waals surface area contributed by atoms with E-state index in [0.717, 1.165) is 42.6 Å². The van der Waals surface area contributed by atoms with Crippen molar-refractivity contribution in [3.63, 3.8) is 0 Å². The van der Waals surface area contributed by atoms with E-state index in [-0.39, 0.29) is 17.8 Å². The Balaban J connectivity index is 1.56. The standard InChI is InChI=1S/C28H32FN3O/c1-21(2)31-27(33)28(12-15-32(16-13-28)20-22-7-5-10-25(29)17-22)18-23-8-3-4-11-26(23)24-9-6-14-30-19-24/h3-11,14,17,19,21H,12-13,15-16,18,20H2,1-2H3,(H,31,33). The molecule has 1 fully saturated rings. The number of rotatable bonds is 7. The van der Waals surface area contributed by atoms with Gasteiger partial charge < -0.3 is 5.32 Å². The largest absolute Gasteiger partial charge is 0.353 e. The number of halogens is 1. The first-order valence-corrected chi connectivity index (χ1v) is 11.7. The molecule has 0 unspecified atom stereocenters. The highest BCUT2D eigenvalue weighted by molar-refractivity contribution is 5.84. The summed E-state index contributed by atoms with van der Waals surface area (Å²) in [5, 5.41) is 3.19. The second kappa shape index (κ2) is 10.3. The van der Waals surface area contributed by atoms with Gasteiger partial charge in [-0.3, -0.25) is 14.7 Å². The summed E-state index contributed by atoms with van der Waals surface area (Å²) in [5.41, 5.74) is 3.86. The molecule has 3 aromatic rings. The van der Waals surface area contributed by atoms with Crippen molar-refractivity contribution < 1.29 is 9.18 Å². The van der Waals surface area contributed by atoms with Crippen molar-refractivity contribution in [1.29, 1.82) is 0 Å². The summed E-state index contributed by atoms with van der Waals surface area (Å²) in [5.74, 6) is -0.0777. The van der Waals surface area contributed by atoms with Crippen LogP contribution in [0.25, 0.3) is 11.1 Å². The quantitative estimate of drug-likeness (QED) is 0.541. The van der Waals surface area contributed by atoms with Crippen molar-refractivity contribution >= 4 is 5.91 Å². The van der Waals surface area contributed by atoms with Crippen LogP contribution < -0.4 is 5.32 Å². The van der Waals surface area contributed by atoms with Crippen molar-refractivity contribution in [2.45, 2.75) is 45.7 Å². The SMILES string of the molecule is CC(C)NC(=O)C1(Cc2ccccc2-c2cccnc2)CCN(Cc2cccc(F)c2)CC1. The Labute approximate surface area is 195 Å². The first kappa shape index (κ1) is 23.1. The fourth-order valence-electron chi connectivity index (χ4n) is 4.77. The Morgan fingerprint density at radius 2 is 1.88 bits per heavy atom. The molecular formula is C28H32FN3O. The van der Waals surface area contributed by atoms with Crippen LogP contribution in [0.15, 0.2) is 73.1 Å². The molecule has 0 atom stereocenters. The lowest BCUT2D eigenvalue weighted by Crippen LogP contribution is -2.51. The van der Waals surface area contributed by atoms with E-state index in [0.29, 0.717) is 13.0 Å². The molecule has 5 heteroatoms. The molecule has 1 N–H and O–H groups in total. The summed E-state index contributed by atoms with van der Waals surface area (Å²) in [4.78, 5) is 20.1. The number of carbonyl (C=O) groups excluding carboxylic acids is 1. The van der Waals surface area contributed by atoms with E-state index >= 15 is 0 Å². The first-order chi connectivity index (χ1) is 15.9. The van der Waals surface area contributed by atoms with E-state index in [4.69, 9.17) is 0 Å². The molecule has 0 aliphatic carbocycles. The average molecular weight is 446 g/mol. The fourth-order valence-corrected chi connectivity index (χ4v) is 4.77. The zero-order chi connectivity index (χ0) is 23.3. The molecule has 1 aliphatic heterocycles. The van der Waals surface area contributed by atoms with Gasteiger partial charge in [-0.1, -0.05) is 42.5 Å². The smallest absolute Gasteiger partial charge is 0.226 e. The van der Waals surface area contributed by atoms with Gasteiger partial charge in [-0.15, -0.1) is 0 Å².